The maximum Gasteiger partial charge on any atom is 0.225 e. The molecule has 1 saturated heterocycles. The molecule has 2 heterocycles. The largest absolute Gasteiger partial charge is 0.340 e. The highest BCUT2D eigenvalue weighted by atomic mass is 35.5. The van der Waals surface area contributed by atoms with Crippen LogP contribution in [0.1, 0.15) is 37.4 Å². The lowest BCUT2D eigenvalue weighted by Crippen LogP contribution is -2.49. The van der Waals surface area contributed by atoms with Gasteiger partial charge in [-0.25, -0.2) is 4.98 Å². The zero-order chi connectivity index (χ0) is 14.5. The van der Waals surface area contributed by atoms with E-state index in [-0.39, 0.29) is 18.3 Å². The second-order valence-corrected chi connectivity index (χ2v) is 6.44. The van der Waals surface area contributed by atoms with E-state index in [9.17, 15) is 4.79 Å². The second-order valence-electron chi connectivity index (χ2n) is 5.50. The van der Waals surface area contributed by atoms with Crippen molar-refractivity contribution in [1.82, 2.24) is 14.8 Å². The van der Waals surface area contributed by atoms with Crippen molar-refractivity contribution in [2.24, 2.45) is 5.92 Å². The number of thiazole rings is 1. The normalized spacial score (nSPS) is 16.1. The van der Waals surface area contributed by atoms with Crippen LogP contribution in [0.4, 0.5) is 0 Å². The van der Waals surface area contributed by atoms with Gasteiger partial charge in [-0.3, -0.25) is 9.69 Å². The lowest BCUT2D eigenvalue weighted by molar-refractivity contribution is -0.137. The van der Waals surface area contributed by atoms with Gasteiger partial charge in [0.25, 0.3) is 0 Å². The first-order valence-corrected chi connectivity index (χ1v) is 8.44. The van der Waals surface area contributed by atoms with Crippen molar-refractivity contribution in [3.05, 3.63) is 16.1 Å². The SMILES string of the molecule is CCC(CC)C(=O)N1CCN(Cc2nc(C)cs2)CC1.Cl. The minimum atomic E-state index is 0. The van der Waals surface area contributed by atoms with Gasteiger partial charge in [0.05, 0.1) is 6.54 Å². The molecule has 0 saturated carbocycles. The molecule has 0 spiro atoms. The zero-order valence-electron chi connectivity index (χ0n) is 13.2. The highest BCUT2D eigenvalue weighted by Gasteiger charge is 2.25. The molecule has 1 aliphatic heterocycles. The van der Waals surface area contributed by atoms with Crippen LogP contribution in [0.15, 0.2) is 5.38 Å². The van der Waals surface area contributed by atoms with E-state index in [1.54, 1.807) is 11.3 Å². The fourth-order valence-electron chi connectivity index (χ4n) is 2.69. The van der Waals surface area contributed by atoms with E-state index in [4.69, 9.17) is 0 Å². The van der Waals surface area contributed by atoms with E-state index in [1.807, 2.05) is 11.8 Å². The highest BCUT2D eigenvalue weighted by Crippen LogP contribution is 2.16. The summed E-state index contributed by atoms with van der Waals surface area (Å²) in [5.41, 5.74) is 1.10. The van der Waals surface area contributed by atoms with Crippen LogP contribution in [-0.4, -0.2) is 46.9 Å². The van der Waals surface area contributed by atoms with Crippen LogP contribution >= 0.6 is 23.7 Å². The van der Waals surface area contributed by atoms with E-state index in [1.165, 1.54) is 5.01 Å². The first kappa shape index (κ1) is 18.4. The Morgan fingerprint density at radius 3 is 2.38 bits per heavy atom. The smallest absolute Gasteiger partial charge is 0.225 e. The Balaban J connectivity index is 0.00000220. The molecule has 0 aliphatic carbocycles. The average Bonchev–Trinajstić information content (AvgIpc) is 2.86. The Morgan fingerprint density at radius 2 is 1.90 bits per heavy atom. The van der Waals surface area contributed by atoms with Crippen LogP contribution in [0.5, 0.6) is 0 Å². The zero-order valence-corrected chi connectivity index (χ0v) is 14.8. The van der Waals surface area contributed by atoms with Gasteiger partial charge in [0.1, 0.15) is 5.01 Å². The molecule has 1 aliphatic rings. The highest BCUT2D eigenvalue weighted by molar-refractivity contribution is 7.09. The lowest BCUT2D eigenvalue weighted by atomic mass is 10.0. The minimum absolute atomic E-state index is 0. The summed E-state index contributed by atoms with van der Waals surface area (Å²) in [6.45, 7) is 10.8. The van der Waals surface area contributed by atoms with Crippen molar-refractivity contribution in [3.8, 4) is 0 Å². The van der Waals surface area contributed by atoms with Crippen LogP contribution < -0.4 is 0 Å². The van der Waals surface area contributed by atoms with Gasteiger partial charge in [0.15, 0.2) is 0 Å². The third-order valence-electron chi connectivity index (χ3n) is 4.04. The molecule has 4 nitrogen and oxygen atoms in total. The first-order valence-electron chi connectivity index (χ1n) is 7.56. The molecule has 0 radical (unpaired) electrons. The van der Waals surface area contributed by atoms with Crippen molar-refractivity contribution in [1.29, 1.82) is 0 Å². The molecular weight excluding hydrogens is 306 g/mol. The van der Waals surface area contributed by atoms with Crippen molar-refractivity contribution in [2.45, 2.75) is 40.2 Å². The third-order valence-corrected chi connectivity index (χ3v) is 5.00. The summed E-state index contributed by atoms with van der Waals surface area (Å²) in [6, 6.07) is 0. The number of rotatable bonds is 5. The topological polar surface area (TPSA) is 36.4 Å². The summed E-state index contributed by atoms with van der Waals surface area (Å²) in [5, 5.41) is 3.28. The number of carbonyl (C=O) groups is 1. The summed E-state index contributed by atoms with van der Waals surface area (Å²) >= 11 is 1.73. The number of aryl methyl sites for hydroxylation is 1. The molecule has 1 aromatic heterocycles. The van der Waals surface area contributed by atoms with Crippen molar-refractivity contribution in [2.75, 3.05) is 26.2 Å². The summed E-state index contributed by atoms with van der Waals surface area (Å²) in [6.07, 6.45) is 1.90. The maximum atomic E-state index is 12.3. The van der Waals surface area contributed by atoms with Gasteiger partial charge in [0, 0.05) is 43.2 Å². The predicted molar refractivity (Wildman–Crippen MR) is 90.0 cm³/mol. The van der Waals surface area contributed by atoms with Gasteiger partial charge in [-0.2, -0.15) is 0 Å². The fraction of sp³-hybridized carbons (Fsp3) is 0.733. The molecule has 0 atom stereocenters. The Bertz CT molecular complexity index is 440. The van der Waals surface area contributed by atoms with Gasteiger partial charge < -0.3 is 4.90 Å². The number of hydrogen-bond acceptors (Lipinski definition) is 4. The minimum Gasteiger partial charge on any atom is -0.340 e. The quantitative estimate of drug-likeness (QED) is 0.832. The molecule has 120 valence electrons. The molecule has 1 fully saturated rings. The van der Waals surface area contributed by atoms with E-state index >= 15 is 0 Å². The van der Waals surface area contributed by atoms with E-state index in [0.29, 0.717) is 5.91 Å². The number of aromatic nitrogens is 1. The van der Waals surface area contributed by atoms with Crippen LogP contribution in [-0.2, 0) is 11.3 Å². The van der Waals surface area contributed by atoms with Crippen LogP contribution in [0, 0.1) is 12.8 Å². The maximum absolute atomic E-state index is 12.3. The molecule has 0 unspecified atom stereocenters. The van der Waals surface area contributed by atoms with Crippen LogP contribution in [0.25, 0.3) is 0 Å². The molecule has 0 N–H and O–H groups in total. The fourth-order valence-corrected chi connectivity index (χ4v) is 3.50. The van der Waals surface area contributed by atoms with E-state index in [2.05, 4.69) is 29.1 Å². The van der Waals surface area contributed by atoms with Crippen LogP contribution in [0.2, 0.25) is 0 Å². The Morgan fingerprint density at radius 1 is 1.29 bits per heavy atom. The monoisotopic (exact) mass is 331 g/mol. The first-order chi connectivity index (χ1) is 9.63. The predicted octanol–water partition coefficient (Wildman–Crippen LogP) is 2.95. The Kier molecular flexibility index (Phi) is 7.63. The number of carbonyl (C=O) groups excluding carboxylic acids is 1. The molecule has 2 rings (SSSR count). The second kappa shape index (κ2) is 8.71. The van der Waals surface area contributed by atoms with E-state index < -0.39 is 0 Å². The lowest BCUT2D eigenvalue weighted by Gasteiger charge is -2.35. The molecule has 0 bridgehead atoms. The van der Waals surface area contributed by atoms with Crippen molar-refractivity contribution >= 4 is 29.7 Å². The molecule has 6 heteroatoms. The van der Waals surface area contributed by atoms with Crippen LogP contribution in [0.3, 0.4) is 0 Å². The number of hydrogen-bond donors (Lipinski definition) is 0. The number of amides is 1. The third kappa shape index (κ3) is 4.94. The van der Waals surface area contributed by atoms with Gasteiger partial charge >= 0.3 is 0 Å². The van der Waals surface area contributed by atoms with Gasteiger partial charge in [-0.1, -0.05) is 13.8 Å². The summed E-state index contributed by atoms with van der Waals surface area (Å²) in [5.74, 6) is 0.558. The number of halogens is 1. The Hall–Kier alpha value is -0.650. The standard InChI is InChI=1S/C15H25N3OS.ClH/c1-4-13(5-2)15(19)18-8-6-17(7-9-18)10-14-16-12(3)11-20-14;/h11,13H,4-10H2,1-3H3;1H. The van der Waals surface area contributed by atoms with Gasteiger partial charge in [0.2, 0.25) is 5.91 Å². The molecule has 1 aromatic rings. The van der Waals surface area contributed by atoms with Gasteiger partial charge in [-0.15, -0.1) is 23.7 Å². The number of piperazine rings is 1. The Labute approximate surface area is 137 Å². The summed E-state index contributed by atoms with van der Waals surface area (Å²) in [4.78, 5) is 21.3. The van der Waals surface area contributed by atoms with Crippen molar-refractivity contribution < 1.29 is 4.79 Å². The average molecular weight is 332 g/mol. The molecular formula is C15H26ClN3OS. The number of nitrogens with zero attached hydrogens (tertiary/aromatic N) is 3. The summed E-state index contributed by atoms with van der Waals surface area (Å²) in [7, 11) is 0. The molecule has 21 heavy (non-hydrogen) atoms. The van der Waals surface area contributed by atoms with E-state index in [0.717, 1.165) is 51.3 Å². The molecule has 1 amide bonds. The molecule has 0 aromatic carbocycles. The van der Waals surface area contributed by atoms with Crippen molar-refractivity contribution in [3.63, 3.8) is 0 Å². The summed E-state index contributed by atoms with van der Waals surface area (Å²) < 4.78 is 0. The van der Waals surface area contributed by atoms with Gasteiger partial charge in [-0.05, 0) is 19.8 Å².